The average molecular weight is 360 g/mol. The van der Waals surface area contributed by atoms with E-state index in [1.165, 1.54) is 19.2 Å². The Morgan fingerprint density at radius 3 is 2.76 bits per heavy atom. The summed E-state index contributed by atoms with van der Waals surface area (Å²) in [7, 11) is 1.32. The third-order valence-electron chi connectivity index (χ3n) is 3.84. The second kappa shape index (κ2) is 7.48. The molecule has 0 radical (unpaired) electrons. The van der Waals surface area contributed by atoms with E-state index in [0.717, 1.165) is 11.3 Å². The van der Waals surface area contributed by atoms with Crippen LogP contribution in [0.2, 0.25) is 0 Å². The maximum absolute atomic E-state index is 13.0. The Morgan fingerprint density at radius 2 is 2.04 bits per heavy atom. The van der Waals surface area contributed by atoms with Gasteiger partial charge in [0.2, 0.25) is 6.10 Å². The highest BCUT2D eigenvalue weighted by Crippen LogP contribution is 2.33. The highest BCUT2D eigenvalue weighted by molar-refractivity contribution is 7.80. The van der Waals surface area contributed by atoms with E-state index in [-0.39, 0.29) is 12.4 Å². The smallest absolute Gasteiger partial charge is 0.348 e. The van der Waals surface area contributed by atoms with Gasteiger partial charge in [-0.1, -0.05) is 24.3 Å². The number of ether oxygens (including phenoxy) is 2. The minimum Gasteiger partial charge on any atom is -0.475 e. The molecule has 1 atom stereocenters. The third-order valence-corrected chi connectivity index (χ3v) is 4.20. The minimum atomic E-state index is -0.759. The van der Waals surface area contributed by atoms with Crippen LogP contribution in [0.3, 0.4) is 0 Å². The van der Waals surface area contributed by atoms with Gasteiger partial charge in [0.05, 0.1) is 19.3 Å². The van der Waals surface area contributed by atoms with Crippen molar-refractivity contribution in [1.82, 2.24) is 5.32 Å². The lowest BCUT2D eigenvalue weighted by atomic mass is 10.2. The van der Waals surface area contributed by atoms with E-state index in [2.05, 4.69) is 5.32 Å². The molecule has 1 N–H and O–H groups in total. The molecule has 25 heavy (non-hydrogen) atoms. The van der Waals surface area contributed by atoms with Gasteiger partial charge in [0.25, 0.3) is 0 Å². The second-order valence-electron chi connectivity index (χ2n) is 5.49. The second-order valence-corrected chi connectivity index (χ2v) is 5.88. The molecule has 0 spiro atoms. The van der Waals surface area contributed by atoms with Gasteiger partial charge in [0.1, 0.15) is 11.6 Å². The van der Waals surface area contributed by atoms with Crippen LogP contribution in [0, 0.1) is 5.82 Å². The SMILES string of the molecule is COC(=O)[C@H]1CN(C(=S)NCc2ccc(F)cc2)c2ccccc2O1. The molecule has 1 heterocycles. The molecule has 0 saturated heterocycles. The number of para-hydroxylation sites is 2. The van der Waals surface area contributed by atoms with Crippen molar-refractivity contribution in [3.05, 3.63) is 59.9 Å². The molecule has 0 fully saturated rings. The molecule has 5 nitrogen and oxygen atoms in total. The summed E-state index contributed by atoms with van der Waals surface area (Å²) in [6.45, 7) is 0.695. The topological polar surface area (TPSA) is 50.8 Å². The number of carbonyl (C=O) groups is 1. The van der Waals surface area contributed by atoms with Crippen molar-refractivity contribution >= 4 is 29.0 Å². The van der Waals surface area contributed by atoms with Gasteiger partial charge >= 0.3 is 5.97 Å². The minimum absolute atomic E-state index is 0.249. The first kappa shape index (κ1) is 17.2. The van der Waals surface area contributed by atoms with Crippen molar-refractivity contribution < 1.29 is 18.7 Å². The molecular weight excluding hydrogens is 343 g/mol. The van der Waals surface area contributed by atoms with Crippen molar-refractivity contribution in [2.45, 2.75) is 12.6 Å². The molecule has 2 aromatic rings. The lowest BCUT2D eigenvalue weighted by Crippen LogP contribution is -2.50. The van der Waals surface area contributed by atoms with Gasteiger partial charge < -0.3 is 19.7 Å². The summed E-state index contributed by atoms with van der Waals surface area (Å²) in [6, 6.07) is 13.5. The number of methoxy groups -OCH3 is 1. The largest absolute Gasteiger partial charge is 0.475 e. The maximum Gasteiger partial charge on any atom is 0.348 e. The fourth-order valence-electron chi connectivity index (χ4n) is 2.56. The zero-order valence-electron chi connectivity index (χ0n) is 13.6. The monoisotopic (exact) mass is 360 g/mol. The fraction of sp³-hybridized carbons (Fsp3) is 0.222. The number of fused-ring (bicyclic) bond motifs is 1. The van der Waals surface area contributed by atoms with Gasteiger partial charge in [-0.2, -0.15) is 0 Å². The number of benzene rings is 2. The van der Waals surface area contributed by atoms with Crippen LogP contribution >= 0.6 is 12.2 Å². The summed E-state index contributed by atoms with van der Waals surface area (Å²) in [5, 5.41) is 3.59. The van der Waals surface area contributed by atoms with Gasteiger partial charge in [-0.15, -0.1) is 0 Å². The van der Waals surface area contributed by atoms with Crippen LogP contribution in [0.1, 0.15) is 5.56 Å². The van der Waals surface area contributed by atoms with Gasteiger partial charge in [0.15, 0.2) is 5.11 Å². The van der Waals surface area contributed by atoms with Crippen LogP contribution in [0.15, 0.2) is 48.5 Å². The molecule has 0 aliphatic carbocycles. The molecule has 7 heteroatoms. The number of thiocarbonyl (C=S) groups is 1. The number of nitrogens with one attached hydrogen (secondary N) is 1. The summed E-state index contributed by atoms with van der Waals surface area (Å²) in [5.74, 6) is -0.176. The van der Waals surface area contributed by atoms with Crippen LogP contribution in [0.5, 0.6) is 5.75 Å². The van der Waals surface area contributed by atoms with Crippen LogP contribution in [0.4, 0.5) is 10.1 Å². The number of esters is 1. The van der Waals surface area contributed by atoms with Crippen molar-refractivity contribution in [1.29, 1.82) is 0 Å². The standard InChI is InChI=1S/C18H17FN2O3S/c1-23-17(22)16-11-21(14-4-2-3-5-15(14)24-16)18(25)20-10-12-6-8-13(19)9-7-12/h2-9,16H,10-11H2,1H3,(H,20,25)/t16-/m1/s1. The molecule has 2 aromatic carbocycles. The fourth-order valence-corrected chi connectivity index (χ4v) is 2.80. The number of hydrogen-bond acceptors (Lipinski definition) is 4. The predicted molar refractivity (Wildman–Crippen MR) is 96.1 cm³/mol. The van der Waals surface area contributed by atoms with Crippen molar-refractivity contribution in [3.63, 3.8) is 0 Å². The van der Waals surface area contributed by atoms with E-state index in [4.69, 9.17) is 21.7 Å². The Kier molecular flexibility index (Phi) is 5.14. The molecular formula is C18H17FN2O3S. The van der Waals surface area contributed by atoms with Gasteiger partial charge in [-0.3, -0.25) is 0 Å². The molecule has 0 aromatic heterocycles. The molecule has 130 valence electrons. The van der Waals surface area contributed by atoms with E-state index in [1.807, 2.05) is 18.2 Å². The van der Waals surface area contributed by atoms with Crippen molar-refractivity contribution in [3.8, 4) is 5.75 Å². The van der Waals surface area contributed by atoms with Crippen LogP contribution in [0.25, 0.3) is 0 Å². The average Bonchev–Trinajstić information content (AvgIpc) is 2.65. The zero-order chi connectivity index (χ0) is 17.8. The first-order valence-corrected chi connectivity index (χ1v) is 8.12. The number of anilines is 1. The van der Waals surface area contributed by atoms with Gasteiger partial charge in [0, 0.05) is 6.54 Å². The van der Waals surface area contributed by atoms with E-state index in [9.17, 15) is 9.18 Å². The van der Waals surface area contributed by atoms with E-state index in [0.29, 0.717) is 17.4 Å². The molecule has 0 amide bonds. The quantitative estimate of drug-likeness (QED) is 0.671. The zero-order valence-corrected chi connectivity index (χ0v) is 14.4. The number of nitrogens with zero attached hydrogens (tertiary/aromatic N) is 1. The Morgan fingerprint density at radius 1 is 1.32 bits per heavy atom. The highest BCUT2D eigenvalue weighted by atomic mass is 32.1. The van der Waals surface area contributed by atoms with Crippen LogP contribution in [-0.4, -0.2) is 30.8 Å². The molecule has 3 rings (SSSR count). The highest BCUT2D eigenvalue weighted by Gasteiger charge is 2.33. The molecule has 0 unspecified atom stereocenters. The Labute approximate surface area is 150 Å². The summed E-state index contributed by atoms with van der Waals surface area (Å²) in [5.41, 5.74) is 1.68. The summed E-state index contributed by atoms with van der Waals surface area (Å²) >= 11 is 5.48. The summed E-state index contributed by atoms with van der Waals surface area (Å²) in [4.78, 5) is 13.7. The first-order valence-electron chi connectivity index (χ1n) is 7.72. The van der Waals surface area contributed by atoms with E-state index in [1.54, 1.807) is 23.1 Å². The summed E-state index contributed by atoms with van der Waals surface area (Å²) in [6.07, 6.45) is -0.759. The van der Waals surface area contributed by atoms with Crippen molar-refractivity contribution in [2.75, 3.05) is 18.6 Å². The lowest BCUT2D eigenvalue weighted by Gasteiger charge is -2.35. The Hall–Kier alpha value is -2.67. The number of rotatable bonds is 3. The molecule has 1 aliphatic rings. The predicted octanol–water partition coefficient (Wildman–Crippen LogP) is 2.64. The third kappa shape index (κ3) is 3.88. The maximum atomic E-state index is 13.0. The molecule has 0 saturated carbocycles. The van der Waals surface area contributed by atoms with Gasteiger partial charge in [-0.05, 0) is 42.0 Å². The number of hydrogen-bond donors (Lipinski definition) is 1. The normalized spacial score (nSPS) is 15.8. The Bertz CT molecular complexity index is 782. The lowest BCUT2D eigenvalue weighted by molar-refractivity contribution is -0.148. The Balaban J connectivity index is 1.75. The molecule has 1 aliphatic heterocycles. The summed E-state index contributed by atoms with van der Waals surface area (Å²) < 4.78 is 23.5. The van der Waals surface area contributed by atoms with Crippen LogP contribution in [-0.2, 0) is 16.1 Å². The van der Waals surface area contributed by atoms with Crippen molar-refractivity contribution in [2.24, 2.45) is 0 Å². The van der Waals surface area contributed by atoms with Crippen LogP contribution < -0.4 is 15.0 Å². The first-order chi connectivity index (χ1) is 12.1. The van der Waals surface area contributed by atoms with E-state index >= 15 is 0 Å². The van der Waals surface area contributed by atoms with Gasteiger partial charge in [-0.25, -0.2) is 9.18 Å². The van der Waals surface area contributed by atoms with E-state index < -0.39 is 12.1 Å². The number of carbonyl (C=O) groups excluding carboxylic acids is 1. The molecule has 0 bridgehead atoms. The number of halogens is 1.